The van der Waals surface area contributed by atoms with Gasteiger partial charge in [0.25, 0.3) is 0 Å². The van der Waals surface area contributed by atoms with Crippen molar-refractivity contribution in [2.75, 3.05) is 19.8 Å². The molecule has 0 unspecified atom stereocenters. The number of benzene rings is 1. The molecule has 2 rings (SSSR count). The Bertz CT molecular complexity index is 633. The van der Waals surface area contributed by atoms with Gasteiger partial charge in [0.1, 0.15) is 0 Å². The van der Waals surface area contributed by atoms with Gasteiger partial charge in [-0.1, -0.05) is 0 Å². The van der Waals surface area contributed by atoms with Crippen molar-refractivity contribution in [1.82, 2.24) is 4.31 Å². The van der Waals surface area contributed by atoms with Crippen LogP contribution in [0.25, 0.3) is 0 Å². The highest BCUT2D eigenvalue weighted by molar-refractivity contribution is 7.89. The lowest BCUT2D eigenvalue weighted by molar-refractivity contribution is 0.247. The summed E-state index contributed by atoms with van der Waals surface area (Å²) in [6.07, 6.45) is 1.35. The molecule has 0 aliphatic carbocycles. The van der Waals surface area contributed by atoms with E-state index >= 15 is 0 Å². The molecule has 0 saturated carbocycles. The van der Waals surface area contributed by atoms with Crippen LogP contribution in [0.4, 0.5) is 0 Å². The third-order valence-electron chi connectivity index (χ3n) is 3.98. The molecular formula is C16H26N2O4S. The second-order valence-corrected chi connectivity index (χ2v) is 7.61. The number of piperidine rings is 1. The van der Waals surface area contributed by atoms with E-state index in [1.165, 1.54) is 4.31 Å². The van der Waals surface area contributed by atoms with Crippen molar-refractivity contribution in [2.24, 2.45) is 5.73 Å². The summed E-state index contributed by atoms with van der Waals surface area (Å²) in [6, 6.07) is 4.73. The van der Waals surface area contributed by atoms with Crippen LogP contribution in [-0.4, -0.2) is 44.6 Å². The van der Waals surface area contributed by atoms with Crippen LogP contribution in [0, 0.1) is 0 Å². The summed E-state index contributed by atoms with van der Waals surface area (Å²) in [4.78, 5) is 0.228. The molecule has 1 aliphatic heterocycles. The average Bonchev–Trinajstić information content (AvgIpc) is 2.49. The van der Waals surface area contributed by atoms with Crippen LogP contribution >= 0.6 is 0 Å². The largest absolute Gasteiger partial charge is 0.490 e. The number of nitrogens with zero attached hydrogens (tertiary/aromatic N) is 1. The SMILES string of the molecule is CCOc1ccc(S(=O)(=O)N2CC[C@H](N)C[C@@H]2C)cc1OCC. The zero-order valence-electron chi connectivity index (χ0n) is 14.0. The molecule has 7 heteroatoms. The maximum atomic E-state index is 12.9. The molecule has 1 aliphatic rings. The molecule has 0 amide bonds. The van der Waals surface area contributed by atoms with E-state index in [4.69, 9.17) is 15.2 Å². The lowest BCUT2D eigenvalue weighted by Crippen LogP contribution is -2.48. The molecule has 0 radical (unpaired) electrons. The Hall–Kier alpha value is -1.31. The minimum atomic E-state index is -3.56. The van der Waals surface area contributed by atoms with Crippen molar-refractivity contribution in [3.05, 3.63) is 18.2 Å². The Kier molecular flexibility index (Phi) is 5.89. The van der Waals surface area contributed by atoms with E-state index in [1.54, 1.807) is 18.2 Å². The first-order valence-corrected chi connectivity index (χ1v) is 9.51. The number of sulfonamides is 1. The molecule has 1 aromatic rings. The number of hydrogen-bond acceptors (Lipinski definition) is 5. The average molecular weight is 342 g/mol. The molecular weight excluding hydrogens is 316 g/mol. The van der Waals surface area contributed by atoms with Crippen LogP contribution in [0.15, 0.2) is 23.1 Å². The zero-order valence-corrected chi connectivity index (χ0v) is 14.8. The van der Waals surface area contributed by atoms with Gasteiger partial charge in [-0.2, -0.15) is 4.31 Å². The third-order valence-corrected chi connectivity index (χ3v) is 5.99. The number of rotatable bonds is 6. The van der Waals surface area contributed by atoms with Crippen LogP contribution in [0.1, 0.15) is 33.6 Å². The number of ether oxygens (including phenoxy) is 2. The van der Waals surface area contributed by atoms with E-state index in [9.17, 15) is 8.42 Å². The predicted molar refractivity (Wildman–Crippen MR) is 89.3 cm³/mol. The molecule has 1 fully saturated rings. The summed E-state index contributed by atoms with van der Waals surface area (Å²) < 4.78 is 38.4. The monoisotopic (exact) mass is 342 g/mol. The summed E-state index contributed by atoms with van der Waals surface area (Å²) in [7, 11) is -3.56. The van der Waals surface area contributed by atoms with E-state index in [0.717, 1.165) is 0 Å². The van der Waals surface area contributed by atoms with Crippen molar-refractivity contribution in [3.8, 4) is 11.5 Å². The van der Waals surface area contributed by atoms with Crippen molar-refractivity contribution in [3.63, 3.8) is 0 Å². The first-order chi connectivity index (χ1) is 10.9. The van der Waals surface area contributed by atoms with Crippen LogP contribution in [0.5, 0.6) is 11.5 Å². The van der Waals surface area contributed by atoms with E-state index in [-0.39, 0.29) is 17.0 Å². The molecule has 23 heavy (non-hydrogen) atoms. The van der Waals surface area contributed by atoms with E-state index < -0.39 is 10.0 Å². The minimum absolute atomic E-state index is 0.0655. The third kappa shape index (κ3) is 3.97. The fraction of sp³-hybridized carbons (Fsp3) is 0.625. The predicted octanol–water partition coefficient (Wildman–Crippen LogP) is 1.98. The van der Waals surface area contributed by atoms with Gasteiger partial charge in [-0.25, -0.2) is 8.42 Å². The van der Waals surface area contributed by atoms with Gasteiger partial charge in [0.05, 0.1) is 18.1 Å². The molecule has 0 spiro atoms. The zero-order chi connectivity index (χ0) is 17.0. The molecule has 0 bridgehead atoms. The molecule has 1 saturated heterocycles. The van der Waals surface area contributed by atoms with Crippen LogP contribution in [-0.2, 0) is 10.0 Å². The first kappa shape index (κ1) is 18.0. The van der Waals surface area contributed by atoms with Gasteiger partial charge in [-0.05, 0) is 45.7 Å². The van der Waals surface area contributed by atoms with Crippen molar-refractivity contribution in [2.45, 2.75) is 50.6 Å². The first-order valence-electron chi connectivity index (χ1n) is 8.07. The molecule has 1 aromatic carbocycles. The van der Waals surface area contributed by atoms with Gasteiger partial charge in [0.15, 0.2) is 11.5 Å². The Labute approximate surface area is 138 Å². The highest BCUT2D eigenvalue weighted by Gasteiger charge is 2.33. The molecule has 0 aromatic heterocycles. The fourth-order valence-electron chi connectivity index (χ4n) is 2.87. The Morgan fingerprint density at radius 1 is 1.22 bits per heavy atom. The van der Waals surface area contributed by atoms with Crippen LogP contribution in [0.3, 0.4) is 0 Å². The van der Waals surface area contributed by atoms with E-state index in [2.05, 4.69) is 0 Å². The van der Waals surface area contributed by atoms with Gasteiger partial charge in [0, 0.05) is 24.7 Å². The van der Waals surface area contributed by atoms with Crippen LogP contribution in [0.2, 0.25) is 0 Å². The van der Waals surface area contributed by atoms with Gasteiger partial charge in [0.2, 0.25) is 10.0 Å². The van der Waals surface area contributed by atoms with Crippen molar-refractivity contribution in [1.29, 1.82) is 0 Å². The highest BCUT2D eigenvalue weighted by atomic mass is 32.2. The van der Waals surface area contributed by atoms with Gasteiger partial charge in [-0.15, -0.1) is 0 Å². The van der Waals surface area contributed by atoms with Gasteiger partial charge < -0.3 is 15.2 Å². The van der Waals surface area contributed by atoms with Gasteiger partial charge >= 0.3 is 0 Å². The molecule has 2 atom stereocenters. The molecule has 6 nitrogen and oxygen atoms in total. The molecule has 1 heterocycles. The Morgan fingerprint density at radius 3 is 2.48 bits per heavy atom. The van der Waals surface area contributed by atoms with E-state index in [1.807, 2.05) is 20.8 Å². The minimum Gasteiger partial charge on any atom is -0.490 e. The lowest BCUT2D eigenvalue weighted by atomic mass is 10.0. The summed E-state index contributed by atoms with van der Waals surface area (Å²) in [5.74, 6) is 1.01. The second kappa shape index (κ2) is 7.51. The van der Waals surface area contributed by atoms with Gasteiger partial charge in [-0.3, -0.25) is 0 Å². The number of hydrogen-bond donors (Lipinski definition) is 1. The Morgan fingerprint density at radius 2 is 1.87 bits per heavy atom. The topological polar surface area (TPSA) is 81.9 Å². The fourth-order valence-corrected chi connectivity index (χ4v) is 4.54. The number of nitrogens with two attached hydrogens (primary N) is 1. The standard InChI is InChI=1S/C16H26N2O4S/c1-4-21-15-7-6-14(11-16(15)22-5-2)23(19,20)18-9-8-13(17)10-12(18)3/h6-7,11-13H,4-5,8-10,17H2,1-3H3/t12-,13-/m0/s1. The maximum Gasteiger partial charge on any atom is 0.243 e. The Balaban J connectivity index is 2.34. The summed E-state index contributed by atoms with van der Waals surface area (Å²) in [5.41, 5.74) is 5.93. The molecule has 130 valence electrons. The van der Waals surface area contributed by atoms with Crippen molar-refractivity contribution < 1.29 is 17.9 Å². The molecule has 2 N–H and O–H groups in total. The van der Waals surface area contributed by atoms with Crippen LogP contribution < -0.4 is 15.2 Å². The second-order valence-electron chi connectivity index (χ2n) is 5.72. The smallest absolute Gasteiger partial charge is 0.243 e. The summed E-state index contributed by atoms with van der Waals surface area (Å²) >= 11 is 0. The summed E-state index contributed by atoms with van der Waals surface area (Å²) in [5, 5.41) is 0. The summed E-state index contributed by atoms with van der Waals surface area (Å²) in [6.45, 7) is 7.01. The maximum absolute atomic E-state index is 12.9. The lowest BCUT2D eigenvalue weighted by Gasteiger charge is -2.35. The van der Waals surface area contributed by atoms with Crippen molar-refractivity contribution >= 4 is 10.0 Å². The quantitative estimate of drug-likeness (QED) is 0.855. The highest BCUT2D eigenvalue weighted by Crippen LogP contribution is 2.33. The van der Waals surface area contributed by atoms with E-state index in [0.29, 0.717) is 44.1 Å². The normalized spacial score (nSPS) is 22.8.